The minimum absolute atomic E-state index is 0. The number of hydrogen-bond donors (Lipinski definition) is 2. The largest absolute Gasteiger partial charge is 0.493 e. The van der Waals surface area contributed by atoms with E-state index in [4.69, 9.17) is 19.9 Å². The average Bonchev–Trinajstić information content (AvgIpc) is 2.82. The molecule has 1 aromatic carbocycles. The molecule has 1 heterocycles. The summed E-state index contributed by atoms with van der Waals surface area (Å²) in [5.41, 5.74) is 6.98. The minimum Gasteiger partial charge on any atom is -0.493 e. The zero-order valence-electron chi connectivity index (χ0n) is 11.4. The third kappa shape index (κ3) is 2.53. The Hall–Kier alpha value is -1.17. The highest BCUT2D eigenvalue weighted by Gasteiger charge is 2.32. The van der Waals surface area contributed by atoms with Gasteiger partial charge in [-0.15, -0.1) is 12.4 Å². The van der Waals surface area contributed by atoms with E-state index in [1.807, 2.05) is 12.1 Å². The van der Waals surface area contributed by atoms with Crippen molar-refractivity contribution in [2.75, 3.05) is 13.9 Å². The summed E-state index contributed by atoms with van der Waals surface area (Å²) in [6.45, 7) is 0.190. The molecule has 5 nitrogen and oxygen atoms in total. The first-order valence-electron chi connectivity index (χ1n) is 6.62. The van der Waals surface area contributed by atoms with Gasteiger partial charge in [0.1, 0.15) is 0 Å². The Balaban J connectivity index is 0.00000147. The van der Waals surface area contributed by atoms with Gasteiger partial charge in [-0.05, 0) is 36.5 Å². The summed E-state index contributed by atoms with van der Waals surface area (Å²) in [5, 5.41) is 10.3. The van der Waals surface area contributed by atoms with Crippen molar-refractivity contribution in [3.05, 3.63) is 17.7 Å². The van der Waals surface area contributed by atoms with E-state index in [1.165, 1.54) is 6.42 Å². The highest BCUT2D eigenvalue weighted by molar-refractivity contribution is 5.85. The van der Waals surface area contributed by atoms with Crippen molar-refractivity contribution < 1.29 is 19.3 Å². The molecule has 2 atom stereocenters. The fourth-order valence-electron chi connectivity index (χ4n) is 2.61. The molecule has 1 aliphatic heterocycles. The van der Waals surface area contributed by atoms with Crippen LogP contribution >= 0.6 is 12.4 Å². The molecule has 0 amide bonds. The van der Waals surface area contributed by atoms with Crippen LogP contribution in [0.4, 0.5) is 0 Å². The van der Waals surface area contributed by atoms with E-state index in [2.05, 4.69) is 0 Å². The number of halogens is 1. The summed E-state index contributed by atoms with van der Waals surface area (Å²) >= 11 is 0. The van der Waals surface area contributed by atoms with E-state index in [1.54, 1.807) is 7.11 Å². The molecule has 0 saturated heterocycles. The smallest absolute Gasteiger partial charge is 0.231 e. The van der Waals surface area contributed by atoms with Crippen LogP contribution in [0.3, 0.4) is 0 Å². The Morgan fingerprint density at radius 3 is 2.70 bits per heavy atom. The zero-order valence-corrected chi connectivity index (χ0v) is 12.2. The molecule has 0 unspecified atom stereocenters. The van der Waals surface area contributed by atoms with Gasteiger partial charge in [-0.2, -0.15) is 0 Å². The van der Waals surface area contributed by atoms with Crippen LogP contribution in [0.2, 0.25) is 0 Å². The maximum atomic E-state index is 10.3. The van der Waals surface area contributed by atoms with Crippen LogP contribution in [0, 0.1) is 5.92 Å². The van der Waals surface area contributed by atoms with Crippen molar-refractivity contribution in [1.82, 2.24) is 0 Å². The number of aliphatic hydroxyl groups excluding tert-OH is 1. The van der Waals surface area contributed by atoms with Crippen LogP contribution < -0.4 is 19.9 Å². The van der Waals surface area contributed by atoms with E-state index < -0.39 is 12.1 Å². The lowest BCUT2D eigenvalue weighted by Gasteiger charge is -2.33. The lowest BCUT2D eigenvalue weighted by Crippen LogP contribution is -2.36. The van der Waals surface area contributed by atoms with Gasteiger partial charge in [0, 0.05) is 0 Å². The van der Waals surface area contributed by atoms with Crippen molar-refractivity contribution in [1.29, 1.82) is 0 Å². The maximum Gasteiger partial charge on any atom is 0.231 e. The normalized spacial score (nSPS) is 19.8. The lowest BCUT2D eigenvalue weighted by molar-refractivity contribution is 0.0413. The molecule has 20 heavy (non-hydrogen) atoms. The Bertz CT molecular complexity index is 478. The Labute approximate surface area is 124 Å². The van der Waals surface area contributed by atoms with Gasteiger partial charge in [0.2, 0.25) is 12.5 Å². The van der Waals surface area contributed by atoms with Gasteiger partial charge >= 0.3 is 0 Å². The molecule has 2 aliphatic rings. The van der Waals surface area contributed by atoms with Crippen molar-refractivity contribution in [3.63, 3.8) is 0 Å². The summed E-state index contributed by atoms with van der Waals surface area (Å²) in [6, 6.07) is 3.23. The fourth-order valence-corrected chi connectivity index (χ4v) is 2.61. The molecule has 0 spiro atoms. The number of rotatable bonds is 4. The SMILES string of the molecule is COc1cc([C@@H](N)[C@@H](O)C2CCC2)cc2c1OCO2.Cl. The number of benzene rings is 1. The number of nitrogens with two attached hydrogens (primary N) is 1. The maximum absolute atomic E-state index is 10.3. The van der Waals surface area contributed by atoms with Gasteiger partial charge < -0.3 is 25.1 Å². The molecule has 0 radical (unpaired) electrons. The summed E-state index contributed by atoms with van der Waals surface area (Å²) in [7, 11) is 1.58. The predicted molar refractivity (Wildman–Crippen MR) is 76.6 cm³/mol. The Morgan fingerprint density at radius 1 is 1.35 bits per heavy atom. The summed E-state index contributed by atoms with van der Waals surface area (Å²) in [5.74, 6) is 2.15. The third-order valence-electron chi connectivity index (χ3n) is 4.07. The second-order valence-electron chi connectivity index (χ2n) is 5.16. The highest BCUT2D eigenvalue weighted by Crippen LogP contribution is 2.44. The summed E-state index contributed by atoms with van der Waals surface area (Å²) in [4.78, 5) is 0. The number of ether oxygens (including phenoxy) is 3. The second-order valence-corrected chi connectivity index (χ2v) is 5.16. The predicted octanol–water partition coefficient (Wildman–Crippen LogP) is 2.01. The Morgan fingerprint density at radius 2 is 2.10 bits per heavy atom. The number of fused-ring (bicyclic) bond motifs is 1. The molecule has 1 fully saturated rings. The molecule has 1 saturated carbocycles. The molecule has 3 rings (SSSR count). The zero-order chi connectivity index (χ0) is 13.4. The number of methoxy groups -OCH3 is 1. The van der Waals surface area contributed by atoms with Crippen molar-refractivity contribution in [3.8, 4) is 17.2 Å². The molecule has 6 heteroatoms. The first kappa shape index (κ1) is 15.2. The van der Waals surface area contributed by atoms with E-state index in [0.717, 1.165) is 18.4 Å². The van der Waals surface area contributed by atoms with Crippen LogP contribution in [-0.4, -0.2) is 25.1 Å². The second kappa shape index (κ2) is 6.08. The molecule has 3 N–H and O–H groups in total. The van der Waals surface area contributed by atoms with Gasteiger partial charge in [0.05, 0.1) is 19.3 Å². The van der Waals surface area contributed by atoms with Crippen LogP contribution in [0.5, 0.6) is 17.2 Å². The molecule has 1 aromatic rings. The van der Waals surface area contributed by atoms with Crippen LogP contribution in [0.15, 0.2) is 12.1 Å². The number of hydrogen-bond acceptors (Lipinski definition) is 5. The molecule has 112 valence electrons. The van der Waals surface area contributed by atoms with E-state index in [-0.39, 0.29) is 19.2 Å². The minimum atomic E-state index is -0.515. The monoisotopic (exact) mass is 301 g/mol. The number of aliphatic hydroxyl groups is 1. The van der Waals surface area contributed by atoms with Crippen LogP contribution in [0.25, 0.3) is 0 Å². The molecule has 0 aromatic heterocycles. The van der Waals surface area contributed by atoms with Crippen LogP contribution in [0.1, 0.15) is 30.9 Å². The van der Waals surface area contributed by atoms with Gasteiger partial charge in [-0.1, -0.05) is 6.42 Å². The first-order chi connectivity index (χ1) is 9.20. The molecular weight excluding hydrogens is 282 g/mol. The van der Waals surface area contributed by atoms with Crippen LogP contribution in [-0.2, 0) is 0 Å². The Kier molecular flexibility index (Phi) is 4.62. The molecule has 0 bridgehead atoms. The van der Waals surface area contributed by atoms with Crippen molar-refractivity contribution >= 4 is 12.4 Å². The quantitative estimate of drug-likeness (QED) is 0.890. The van der Waals surface area contributed by atoms with E-state index >= 15 is 0 Å². The highest BCUT2D eigenvalue weighted by atomic mass is 35.5. The summed E-state index contributed by atoms with van der Waals surface area (Å²) < 4.78 is 16.0. The lowest BCUT2D eigenvalue weighted by atomic mass is 9.77. The summed E-state index contributed by atoms with van der Waals surface area (Å²) in [6.07, 6.45) is 2.77. The fraction of sp³-hybridized carbons (Fsp3) is 0.571. The van der Waals surface area contributed by atoms with E-state index in [9.17, 15) is 5.11 Å². The van der Waals surface area contributed by atoms with E-state index in [0.29, 0.717) is 23.2 Å². The third-order valence-corrected chi connectivity index (χ3v) is 4.07. The van der Waals surface area contributed by atoms with Gasteiger partial charge in [-0.25, -0.2) is 0 Å². The van der Waals surface area contributed by atoms with Gasteiger partial charge in [-0.3, -0.25) is 0 Å². The first-order valence-corrected chi connectivity index (χ1v) is 6.62. The average molecular weight is 302 g/mol. The molecule has 1 aliphatic carbocycles. The standard InChI is InChI=1S/C14H19NO4.ClH/c1-17-10-5-9(6-11-14(10)19-7-18-11)12(15)13(16)8-3-2-4-8;/h5-6,8,12-13,16H,2-4,7,15H2,1H3;1H/t12-,13+;/m1./s1. The van der Waals surface area contributed by atoms with Crippen molar-refractivity contribution in [2.45, 2.75) is 31.4 Å². The van der Waals surface area contributed by atoms with Crippen molar-refractivity contribution in [2.24, 2.45) is 11.7 Å². The topological polar surface area (TPSA) is 73.9 Å². The van der Waals surface area contributed by atoms with Gasteiger partial charge in [0.25, 0.3) is 0 Å². The van der Waals surface area contributed by atoms with Gasteiger partial charge in [0.15, 0.2) is 11.5 Å². The molecular formula is C14H20ClNO4.